The summed E-state index contributed by atoms with van der Waals surface area (Å²) in [5.74, 6) is 0.294. The molecule has 0 unspecified atom stereocenters. The predicted octanol–water partition coefficient (Wildman–Crippen LogP) is 1.65. The van der Waals surface area contributed by atoms with Crippen molar-refractivity contribution in [3.63, 3.8) is 0 Å². The lowest BCUT2D eigenvalue weighted by molar-refractivity contribution is 0.0971. The van der Waals surface area contributed by atoms with Crippen LogP contribution in [0.1, 0.15) is 28.9 Å². The minimum atomic E-state index is 0.294. The van der Waals surface area contributed by atoms with Crippen LogP contribution in [0.15, 0.2) is 12.3 Å². The first-order chi connectivity index (χ1) is 6.83. The van der Waals surface area contributed by atoms with Crippen molar-refractivity contribution >= 4 is 5.78 Å². The van der Waals surface area contributed by atoms with Crippen molar-refractivity contribution in [2.45, 2.75) is 25.8 Å². The maximum absolute atomic E-state index is 11.5. The molecule has 0 atom stereocenters. The molecule has 3 heteroatoms. The molecule has 1 aromatic rings. The molecular weight excluding hydrogens is 178 g/mol. The van der Waals surface area contributed by atoms with Crippen molar-refractivity contribution in [1.82, 2.24) is 4.57 Å². The molecule has 0 saturated heterocycles. The molecule has 1 heterocycles. The van der Waals surface area contributed by atoms with Gasteiger partial charge in [-0.2, -0.15) is 0 Å². The molecule has 0 saturated carbocycles. The van der Waals surface area contributed by atoms with Gasteiger partial charge in [0.15, 0.2) is 5.78 Å². The van der Waals surface area contributed by atoms with Gasteiger partial charge in [0.05, 0.1) is 6.61 Å². The highest BCUT2D eigenvalue weighted by Crippen LogP contribution is 2.22. The van der Waals surface area contributed by atoms with Crippen LogP contribution in [0.5, 0.6) is 0 Å². The van der Waals surface area contributed by atoms with E-state index >= 15 is 0 Å². The Balaban J connectivity index is 2.22. The third-order valence-electron chi connectivity index (χ3n) is 2.73. The average Bonchev–Trinajstić information content (AvgIpc) is 2.60. The molecule has 0 radical (unpaired) electrons. The van der Waals surface area contributed by atoms with Crippen molar-refractivity contribution < 1.29 is 9.53 Å². The van der Waals surface area contributed by atoms with Gasteiger partial charge in [-0.1, -0.05) is 0 Å². The number of methoxy groups -OCH3 is 1. The van der Waals surface area contributed by atoms with Crippen LogP contribution in [-0.2, 0) is 17.7 Å². The van der Waals surface area contributed by atoms with Gasteiger partial charge in [-0.25, -0.2) is 0 Å². The van der Waals surface area contributed by atoms with Crippen LogP contribution in [0, 0.1) is 0 Å². The van der Waals surface area contributed by atoms with E-state index in [1.165, 1.54) is 5.69 Å². The topological polar surface area (TPSA) is 31.2 Å². The summed E-state index contributed by atoms with van der Waals surface area (Å²) in [6.45, 7) is 1.55. The van der Waals surface area contributed by atoms with E-state index in [2.05, 4.69) is 4.57 Å². The van der Waals surface area contributed by atoms with Gasteiger partial charge in [-0.05, 0) is 18.9 Å². The molecule has 0 aliphatic heterocycles. The normalized spacial score (nSPS) is 15.6. The van der Waals surface area contributed by atoms with E-state index in [1.54, 1.807) is 7.11 Å². The highest BCUT2D eigenvalue weighted by Gasteiger charge is 2.19. The van der Waals surface area contributed by atoms with Crippen molar-refractivity contribution in [3.8, 4) is 0 Å². The molecule has 0 spiro atoms. The van der Waals surface area contributed by atoms with Crippen molar-refractivity contribution in [2.75, 3.05) is 13.7 Å². The summed E-state index contributed by atoms with van der Waals surface area (Å²) < 4.78 is 7.16. The number of hydrogen-bond donors (Lipinski definition) is 0. The number of carbonyl (C=O) groups is 1. The maximum Gasteiger partial charge on any atom is 0.164 e. The van der Waals surface area contributed by atoms with Gasteiger partial charge in [-0.15, -0.1) is 0 Å². The highest BCUT2D eigenvalue weighted by molar-refractivity contribution is 5.98. The Kier molecular flexibility index (Phi) is 2.68. The van der Waals surface area contributed by atoms with E-state index in [1.807, 2.05) is 12.3 Å². The van der Waals surface area contributed by atoms with E-state index in [-0.39, 0.29) is 0 Å². The lowest BCUT2D eigenvalue weighted by atomic mass is 9.97. The molecule has 0 N–H and O–H groups in total. The largest absolute Gasteiger partial charge is 0.383 e. The van der Waals surface area contributed by atoms with E-state index < -0.39 is 0 Å². The lowest BCUT2D eigenvalue weighted by Crippen LogP contribution is -2.14. The molecule has 1 aromatic heterocycles. The third-order valence-corrected chi connectivity index (χ3v) is 2.73. The zero-order valence-corrected chi connectivity index (χ0v) is 8.45. The minimum absolute atomic E-state index is 0.294. The quantitative estimate of drug-likeness (QED) is 0.731. The van der Waals surface area contributed by atoms with E-state index in [4.69, 9.17) is 4.74 Å². The van der Waals surface area contributed by atoms with Crippen LogP contribution in [0.4, 0.5) is 0 Å². The van der Waals surface area contributed by atoms with Crippen LogP contribution in [0.25, 0.3) is 0 Å². The predicted molar refractivity (Wildman–Crippen MR) is 53.6 cm³/mol. The summed E-state index contributed by atoms with van der Waals surface area (Å²) in [4.78, 5) is 11.5. The number of carbonyl (C=O) groups excluding carboxylic acids is 1. The fourth-order valence-corrected chi connectivity index (χ4v) is 1.99. The Hall–Kier alpha value is -1.09. The molecule has 3 nitrogen and oxygen atoms in total. The number of ketones is 1. The molecule has 0 amide bonds. The molecule has 14 heavy (non-hydrogen) atoms. The van der Waals surface area contributed by atoms with Crippen LogP contribution >= 0.6 is 0 Å². The number of nitrogens with zero attached hydrogens (tertiary/aromatic N) is 1. The van der Waals surface area contributed by atoms with Crippen LogP contribution in [0.2, 0.25) is 0 Å². The number of ether oxygens (including phenoxy) is 1. The smallest absolute Gasteiger partial charge is 0.164 e. The highest BCUT2D eigenvalue weighted by atomic mass is 16.5. The van der Waals surface area contributed by atoms with Crippen molar-refractivity contribution in [1.29, 1.82) is 0 Å². The Morgan fingerprint density at radius 3 is 3.14 bits per heavy atom. The minimum Gasteiger partial charge on any atom is -0.383 e. The molecule has 0 aromatic carbocycles. The zero-order valence-electron chi connectivity index (χ0n) is 8.45. The van der Waals surface area contributed by atoms with Gasteiger partial charge in [0.2, 0.25) is 0 Å². The van der Waals surface area contributed by atoms with Crippen LogP contribution < -0.4 is 0 Å². The number of hydrogen-bond acceptors (Lipinski definition) is 2. The summed E-state index contributed by atoms with van der Waals surface area (Å²) in [5.41, 5.74) is 2.12. The first-order valence-electron chi connectivity index (χ1n) is 5.03. The second kappa shape index (κ2) is 3.96. The summed E-state index contributed by atoms with van der Waals surface area (Å²) in [6, 6.07) is 1.94. The summed E-state index contributed by atoms with van der Waals surface area (Å²) in [7, 11) is 1.70. The number of aromatic nitrogens is 1. The molecule has 0 fully saturated rings. The molecule has 0 bridgehead atoms. The fraction of sp³-hybridized carbons (Fsp3) is 0.545. The fourth-order valence-electron chi connectivity index (χ4n) is 1.99. The third kappa shape index (κ3) is 1.60. The van der Waals surface area contributed by atoms with Gasteiger partial charge in [-0.3, -0.25) is 4.79 Å². The molecule has 1 aliphatic rings. The van der Waals surface area contributed by atoms with Gasteiger partial charge in [0.1, 0.15) is 0 Å². The summed E-state index contributed by atoms with van der Waals surface area (Å²) in [5, 5.41) is 0. The van der Waals surface area contributed by atoms with Gasteiger partial charge < -0.3 is 9.30 Å². The van der Waals surface area contributed by atoms with Crippen molar-refractivity contribution in [2.24, 2.45) is 0 Å². The number of rotatable bonds is 3. The Labute approximate surface area is 83.7 Å². The average molecular weight is 193 g/mol. The second-order valence-corrected chi connectivity index (χ2v) is 3.64. The lowest BCUT2D eigenvalue weighted by Gasteiger charge is -2.14. The summed E-state index contributed by atoms with van der Waals surface area (Å²) in [6.07, 6.45) is 4.72. The van der Waals surface area contributed by atoms with E-state index in [0.717, 1.165) is 24.9 Å². The second-order valence-electron chi connectivity index (χ2n) is 3.64. The number of Topliss-reactive ketones (excluding diaryl/α,β-unsaturated/α-hetero) is 1. The Morgan fingerprint density at radius 1 is 1.50 bits per heavy atom. The first-order valence-corrected chi connectivity index (χ1v) is 5.03. The van der Waals surface area contributed by atoms with Crippen LogP contribution in [0.3, 0.4) is 0 Å². The van der Waals surface area contributed by atoms with Gasteiger partial charge in [0.25, 0.3) is 0 Å². The maximum atomic E-state index is 11.5. The monoisotopic (exact) mass is 193 g/mol. The molecule has 1 aliphatic carbocycles. The molecule has 76 valence electrons. The van der Waals surface area contributed by atoms with E-state index in [0.29, 0.717) is 18.8 Å². The number of fused-ring (bicyclic) bond motifs is 1. The Morgan fingerprint density at radius 2 is 2.36 bits per heavy atom. The van der Waals surface area contributed by atoms with Gasteiger partial charge >= 0.3 is 0 Å². The zero-order chi connectivity index (χ0) is 9.97. The first kappa shape index (κ1) is 9.46. The van der Waals surface area contributed by atoms with Gasteiger partial charge in [0, 0.05) is 37.5 Å². The molecule has 2 rings (SSSR count). The van der Waals surface area contributed by atoms with Crippen LogP contribution in [-0.4, -0.2) is 24.1 Å². The SMILES string of the molecule is COCCn1ccc2c1CCCC2=O. The summed E-state index contributed by atoms with van der Waals surface area (Å²) >= 11 is 0. The van der Waals surface area contributed by atoms with E-state index in [9.17, 15) is 4.79 Å². The molecular formula is C11H15NO2. The standard InChI is InChI=1S/C11H15NO2/c1-14-8-7-12-6-5-9-10(12)3-2-4-11(9)13/h5-6H,2-4,7-8H2,1H3. The Bertz CT molecular complexity index is 341. The van der Waals surface area contributed by atoms with Crippen molar-refractivity contribution in [3.05, 3.63) is 23.5 Å².